The number of aromatic nitrogens is 1. The molecule has 4 rings (SSSR count). The molecule has 1 aromatic heterocycles. The number of benzene rings is 3. The fourth-order valence-corrected chi connectivity index (χ4v) is 4.19. The van der Waals surface area contributed by atoms with Crippen LogP contribution in [0, 0.1) is 0 Å². The number of hydrogen-bond donors (Lipinski definition) is 3. The molecule has 1 atom stereocenters. The molecule has 212 valence electrons. The van der Waals surface area contributed by atoms with Crippen molar-refractivity contribution in [2.24, 2.45) is 0 Å². The van der Waals surface area contributed by atoms with Crippen LogP contribution in [0.3, 0.4) is 0 Å². The molecule has 9 heteroatoms. The van der Waals surface area contributed by atoms with Gasteiger partial charge in [0.2, 0.25) is 11.8 Å². The highest BCUT2D eigenvalue weighted by Crippen LogP contribution is 2.21. The van der Waals surface area contributed by atoms with E-state index in [4.69, 9.17) is 9.47 Å². The summed E-state index contributed by atoms with van der Waals surface area (Å²) in [6.07, 6.45) is 2.52. The van der Waals surface area contributed by atoms with Crippen LogP contribution in [0.2, 0.25) is 0 Å². The number of carbonyl (C=O) groups is 3. The van der Waals surface area contributed by atoms with E-state index in [1.54, 1.807) is 12.3 Å². The van der Waals surface area contributed by atoms with E-state index in [0.29, 0.717) is 43.6 Å². The maximum atomic E-state index is 13.3. The minimum absolute atomic E-state index is 0.0339. The molecule has 0 bridgehead atoms. The highest BCUT2D eigenvalue weighted by atomic mass is 16.5. The van der Waals surface area contributed by atoms with Gasteiger partial charge in [0.1, 0.15) is 19.3 Å². The van der Waals surface area contributed by atoms with Crippen molar-refractivity contribution in [1.82, 2.24) is 15.6 Å². The minimum atomic E-state index is -0.845. The maximum absolute atomic E-state index is 13.3. The molecule has 1 heterocycles. The van der Waals surface area contributed by atoms with Gasteiger partial charge < -0.3 is 25.4 Å². The first-order valence-corrected chi connectivity index (χ1v) is 13.6. The Kier molecular flexibility index (Phi) is 11.2. The molecule has 1 unspecified atom stereocenters. The van der Waals surface area contributed by atoms with Crippen molar-refractivity contribution in [3.8, 4) is 0 Å². The number of para-hydroxylation sites is 1. The van der Waals surface area contributed by atoms with Gasteiger partial charge in [-0.2, -0.15) is 0 Å². The van der Waals surface area contributed by atoms with Gasteiger partial charge in [-0.25, -0.2) is 4.79 Å². The Morgan fingerprint density at radius 2 is 1.49 bits per heavy atom. The maximum Gasteiger partial charge on any atom is 0.408 e. The Bertz CT molecular complexity index is 1410. The van der Waals surface area contributed by atoms with Crippen LogP contribution in [0.4, 0.5) is 10.5 Å². The second-order valence-electron chi connectivity index (χ2n) is 9.45. The Labute approximate surface area is 239 Å². The first-order valence-electron chi connectivity index (χ1n) is 13.6. The first kappa shape index (κ1) is 29.2. The van der Waals surface area contributed by atoms with E-state index >= 15 is 0 Å². The van der Waals surface area contributed by atoms with Crippen LogP contribution in [-0.2, 0) is 32.3 Å². The van der Waals surface area contributed by atoms with Gasteiger partial charge in [0.15, 0.2) is 0 Å². The number of fused-ring (bicyclic) bond motifs is 1. The number of nitrogens with one attached hydrogen (secondary N) is 3. The lowest BCUT2D eigenvalue weighted by Crippen LogP contribution is -2.44. The van der Waals surface area contributed by atoms with Crippen molar-refractivity contribution in [3.63, 3.8) is 0 Å². The van der Waals surface area contributed by atoms with Gasteiger partial charge in [0.25, 0.3) is 0 Å². The molecule has 4 aromatic rings. The third kappa shape index (κ3) is 9.74. The fraction of sp³-hybridized carbons (Fsp3) is 0.250. The summed E-state index contributed by atoms with van der Waals surface area (Å²) >= 11 is 0. The number of unbranched alkanes of at least 4 members (excludes halogenated alkanes) is 1. The van der Waals surface area contributed by atoms with Crippen LogP contribution in [-0.4, -0.2) is 42.1 Å². The highest BCUT2D eigenvalue weighted by Gasteiger charge is 2.22. The number of carbonyl (C=O) groups excluding carboxylic acids is 3. The van der Waals surface area contributed by atoms with Crippen molar-refractivity contribution in [1.29, 1.82) is 0 Å². The number of amides is 3. The van der Waals surface area contributed by atoms with Gasteiger partial charge in [-0.15, -0.1) is 0 Å². The van der Waals surface area contributed by atoms with E-state index in [-0.39, 0.29) is 25.0 Å². The number of rotatable bonds is 14. The number of pyridine rings is 1. The van der Waals surface area contributed by atoms with Gasteiger partial charge in [-0.1, -0.05) is 78.9 Å². The largest absolute Gasteiger partial charge is 0.445 e. The number of anilines is 1. The number of alkyl carbamates (subject to hydrolysis) is 1. The predicted molar refractivity (Wildman–Crippen MR) is 157 cm³/mol. The van der Waals surface area contributed by atoms with Crippen LogP contribution in [0.1, 0.15) is 30.4 Å². The monoisotopic (exact) mass is 554 g/mol. The summed E-state index contributed by atoms with van der Waals surface area (Å²) in [6, 6.07) is 27.4. The standard InChI is InChI=1S/C32H34N4O5/c37-29(23-40-21-24-11-3-1-4-12-24)33-19-8-7-17-28(36-32(39)41-22-25-13-5-2-6-14-25)31(38)35-27-18-9-15-26-16-10-20-34-30(26)27/h1-6,9-16,18,20,28H,7-8,17,19,21-23H2,(H,33,37)(H,35,38)(H,36,39). The van der Waals surface area contributed by atoms with Crippen LogP contribution in [0.25, 0.3) is 10.9 Å². The average molecular weight is 555 g/mol. The molecule has 0 saturated heterocycles. The number of hydrogen-bond acceptors (Lipinski definition) is 6. The molecule has 0 aliphatic rings. The quantitative estimate of drug-likeness (QED) is 0.189. The molecular weight excluding hydrogens is 520 g/mol. The summed E-state index contributed by atoms with van der Waals surface area (Å²) in [5.74, 6) is -0.584. The summed E-state index contributed by atoms with van der Waals surface area (Å²) in [4.78, 5) is 42.3. The summed E-state index contributed by atoms with van der Waals surface area (Å²) in [7, 11) is 0. The van der Waals surface area contributed by atoms with Gasteiger partial charge in [-0.05, 0) is 42.5 Å². The van der Waals surface area contributed by atoms with Crippen molar-refractivity contribution < 1.29 is 23.9 Å². The molecule has 0 aliphatic heterocycles. The molecule has 0 spiro atoms. The SMILES string of the molecule is O=C(COCc1ccccc1)NCCCCC(NC(=O)OCc1ccccc1)C(=O)Nc1cccc2cccnc12. The van der Waals surface area contributed by atoms with Crippen molar-refractivity contribution in [3.05, 3.63) is 108 Å². The van der Waals surface area contributed by atoms with Crippen molar-refractivity contribution >= 4 is 34.5 Å². The number of ether oxygens (including phenoxy) is 2. The molecule has 41 heavy (non-hydrogen) atoms. The Morgan fingerprint density at radius 1 is 0.780 bits per heavy atom. The predicted octanol–water partition coefficient (Wildman–Crippen LogP) is 4.97. The van der Waals surface area contributed by atoms with Gasteiger partial charge in [-0.3, -0.25) is 14.6 Å². The zero-order valence-electron chi connectivity index (χ0n) is 22.8. The zero-order valence-corrected chi connectivity index (χ0v) is 22.8. The smallest absolute Gasteiger partial charge is 0.408 e. The zero-order chi connectivity index (χ0) is 28.7. The molecule has 3 amide bonds. The molecular formula is C32H34N4O5. The minimum Gasteiger partial charge on any atom is -0.445 e. The van der Waals surface area contributed by atoms with E-state index in [1.165, 1.54) is 0 Å². The average Bonchev–Trinajstić information content (AvgIpc) is 3.00. The molecule has 3 N–H and O–H groups in total. The van der Waals surface area contributed by atoms with Crippen molar-refractivity contribution in [2.75, 3.05) is 18.5 Å². The molecule has 0 fully saturated rings. The summed E-state index contributed by atoms with van der Waals surface area (Å²) < 4.78 is 10.8. The summed E-state index contributed by atoms with van der Waals surface area (Å²) in [5, 5.41) is 9.32. The van der Waals surface area contributed by atoms with Gasteiger partial charge >= 0.3 is 6.09 Å². The Balaban J connectivity index is 1.27. The van der Waals surface area contributed by atoms with E-state index in [0.717, 1.165) is 16.5 Å². The first-order chi connectivity index (χ1) is 20.1. The molecule has 0 saturated carbocycles. The summed E-state index contributed by atoms with van der Waals surface area (Å²) in [5.41, 5.74) is 3.05. The van der Waals surface area contributed by atoms with Crippen LogP contribution in [0.15, 0.2) is 97.2 Å². The van der Waals surface area contributed by atoms with Gasteiger partial charge in [0, 0.05) is 18.1 Å². The van der Waals surface area contributed by atoms with Crippen LogP contribution in [0.5, 0.6) is 0 Å². The molecule has 0 radical (unpaired) electrons. The van der Waals surface area contributed by atoms with E-state index < -0.39 is 12.1 Å². The normalized spacial score (nSPS) is 11.4. The lowest BCUT2D eigenvalue weighted by molar-refractivity contribution is -0.126. The Morgan fingerprint density at radius 3 is 2.24 bits per heavy atom. The van der Waals surface area contributed by atoms with Crippen LogP contribution >= 0.6 is 0 Å². The molecule has 0 aliphatic carbocycles. The molecule has 9 nitrogen and oxygen atoms in total. The Hall–Kier alpha value is -4.76. The lowest BCUT2D eigenvalue weighted by Gasteiger charge is -2.19. The van der Waals surface area contributed by atoms with Gasteiger partial charge in [0.05, 0.1) is 17.8 Å². The topological polar surface area (TPSA) is 119 Å². The van der Waals surface area contributed by atoms with Crippen LogP contribution < -0.4 is 16.0 Å². The third-order valence-electron chi connectivity index (χ3n) is 6.30. The third-order valence-corrected chi connectivity index (χ3v) is 6.30. The second kappa shape index (κ2) is 15.7. The van der Waals surface area contributed by atoms with E-state index in [9.17, 15) is 14.4 Å². The molecule has 3 aromatic carbocycles. The van der Waals surface area contributed by atoms with E-state index in [2.05, 4.69) is 20.9 Å². The lowest BCUT2D eigenvalue weighted by atomic mass is 10.1. The number of nitrogens with zero attached hydrogens (tertiary/aromatic N) is 1. The van der Waals surface area contributed by atoms with Crippen molar-refractivity contribution in [2.45, 2.75) is 38.5 Å². The second-order valence-corrected chi connectivity index (χ2v) is 9.45. The van der Waals surface area contributed by atoms with E-state index in [1.807, 2.05) is 84.9 Å². The fourth-order valence-electron chi connectivity index (χ4n) is 4.19. The highest BCUT2D eigenvalue weighted by molar-refractivity contribution is 6.03. The summed E-state index contributed by atoms with van der Waals surface area (Å²) in [6.45, 7) is 0.845.